The fourth-order valence-corrected chi connectivity index (χ4v) is 1.95. The topological polar surface area (TPSA) is 52.9 Å². The van der Waals surface area contributed by atoms with Gasteiger partial charge < -0.3 is 5.32 Å². The summed E-state index contributed by atoms with van der Waals surface area (Å²) in [7, 11) is 0. The molecule has 1 aromatic rings. The van der Waals surface area contributed by atoms with Crippen molar-refractivity contribution in [3.63, 3.8) is 0 Å². The lowest BCUT2D eigenvalue weighted by atomic mass is 9.83. The first-order valence-electron chi connectivity index (χ1n) is 5.67. The Hall–Kier alpha value is -1.24. The number of amides is 1. The molecule has 5 heteroatoms. The van der Waals surface area contributed by atoms with Crippen molar-refractivity contribution in [3.05, 3.63) is 28.2 Å². The molecule has 1 N–H and O–H groups in total. The molecule has 0 spiro atoms. The van der Waals surface area contributed by atoms with E-state index in [2.05, 4.69) is 11.4 Å². The number of nitrogens with one attached hydrogen (secondary N) is 1. The van der Waals surface area contributed by atoms with Gasteiger partial charge >= 0.3 is 0 Å². The summed E-state index contributed by atoms with van der Waals surface area (Å²) in [6, 6.07) is 6.88. The maximum atomic E-state index is 12.2. The summed E-state index contributed by atoms with van der Waals surface area (Å²) in [4.78, 5) is 12.2. The lowest BCUT2D eigenvalue weighted by Gasteiger charge is -2.22. The molecule has 0 fully saturated rings. The van der Waals surface area contributed by atoms with E-state index >= 15 is 0 Å². The van der Waals surface area contributed by atoms with Gasteiger partial charge in [0.05, 0.1) is 16.8 Å². The van der Waals surface area contributed by atoms with Crippen molar-refractivity contribution >= 4 is 34.8 Å². The molecular weight excluding hydrogens is 271 g/mol. The van der Waals surface area contributed by atoms with Crippen molar-refractivity contribution in [3.8, 4) is 6.07 Å². The van der Waals surface area contributed by atoms with Crippen LogP contribution in [0.3, 0.4) is 0 Å². The fraction of sp³-hybridized carbons (Fsp3) is 0.385. The molecule has 0 heterocycles. The van der Waals surface area contributed by atoms with Gasteiger partial charge in [0.15, 0.2) is 0 Å². The molecule has 18 heavy (non-hydrogen) atoms. The summed E-state index contributed by atoms with van der Waals surface area (Å²) in [5, 5.41) is 12.7. The molecule has 1 aromatic carbocycles. The summed E-state index contributed by atoms with van der Waals surface area (Å²) in [5.74, 6) is -0.348. The first-order valence-corrected chi connectivity index (χ1v) is 6.42. The summed E-state index contributed by atoms with van der Waals surface area (Å²) in [5.41, 5.74) is -0.596. The van der Waals surface area contributed by atoms with Gasteiger partial charge in [-0.05, 0) is 31.0 Å². The summed E-state index contributed by atoms with van der Waals surface area (Å²) in [6.07, 6.45) is 0.897. The molecule has 0 aliphatic heterocycles. The van der Waals surface area contributed by atoms with E-state index in [0.29, 0.717) is 28.6 Å². The summed E-state index contributed by atoms with van der Waals surface area (Å²) >= 11 is 11.8. The van der Waals surface area contributed by atoms with Gasteiger partial charge in [0.25, 0.3) is 0 Å². The van der Waals surface area contributed by atoms with Crippen LogP contribution in [0.5, 0.6) is 0 Å². The Morgan fingerprint density at radius 1 is 1.39 bits per heavy atom. The van der Waals surface area contributed by atoms with Gasteiger partial charge in [0, 0.05) is 5.02 Å². The third-order valence-corrected chi connectivity index (χ3v) is 3.60. The first kappa shape index (κ1) is 14.8. The zero-order chi connectivity index (χ0) is 13.8. The monoisotopic (exact) mass is 284 g/mol. The molecule has 0 unspecified atom stereocenters. The number of rotatable bonds is 4. The number of carbonyl (C=O) groups is 1. The van der Waals surface area contributed by atoms with Crippen LogP contribution in [-0.4, -0.2) is 5.91 Å². The molecule has 0 saturated carbocycles. The van der Waals surface area contributed by atoms with E-state index in [4.69, 9.17) is 23.2 Å². The van der Waals surface area contributed by atoms with Crippen LogP contribution in [-0.2, 0) is 4.79 Å². The van der Waals surface area contributed by atoms with E-state index in [9.17, 15) is 10.1 Å². The lowest BCUT2D eigenvalue weighted by molar-refractivity contribution is -0.123. The van der Waals surface area contributed by atoms with Crippen molar-refractivity contribution in [1.29, 1.82) is 5.26 Å². The van der Waals surface area contributed by atoms with Crippen LogP contribution in [0.25, 0.3) is 0 Å². The Morgan fingerprint density at radius 2 is 2.00 bits per heavy atom. The molecule has 0 aliphatic carbocycles. The normalized spacial score (nSPS) is 10.8. The second kappa shape index (κ2) is 6.08. The van der Waals surface area contributed by atoms with Crippen LogP contribution in [0, 0.1) is 16.7 Å². The second-order valence-corrected chi connectivity index (χ2v) is 4.82. The molecule has 1 rings (SSSR count). The van der Waals surface area contributed by atoms with Gasteiger partial charge in [-0.25, -0.2) is 0 Å². The zero-order valence-electron chi connectivity index (χ0n) is 10.3. The number of nitriles is 1. The van der Waals surface area contributed by atoms with E-state index in [1.54, 1.807) is 18.2 Å². The molecule has 96 valence electrons. The highest BCUT2D eigenvalue weighted by Crippen LogP contribution is 2.30. The standard InChI is InChI=1S/C13H14Cl2N2O/c1-3-13(4-2,8-16)12(18)17-11-7-9(14)5-6-10(11)15/h5-7H,3-4H2,1-2H3,(H,17,18). The van der Waals surface area contributed by atoms with E-state index in [0.717, 1.165) is 0 Å². The third-order valence-electron chi connectivity index (χ3n) is 3.03. The van der Waals surface area contributed by atoms with Gasteiger partial charge in [-0.1, -0.05) is 37.0 Å². The Morgan fingerprint density at radius 3 is 2.50 bits per heavy atom. The van der Waals surface area contributed by atoms with Gasteiger partial charge in [-0.3, -0.25) is 4.79 Å². The predicted molar refractivity (Wildman–Crippen MR) is 73.7 cm³/mol. The Balaban J connectivity index is 3.01. The highest BCUT2D eigenvalue weighted by molar-refractivity contribution is 6.35. The van der Waals surface area contributed by atoms with E-state index in [-0.39, 0.29) is 5.91 Å². The Bertz CT molecular complexity index is 490. The maximum Gasteiger partial charge on any atom is 0.244 e. The SMILES string of the molecule is CCC(C#N)(CC)C(=O)Nc1cc(Cl)ccc1Cl. The smallest absolute Gasteiger partial charge is 0.244 e. The largest absolute Gasteiger partial charge is 0.323 e. The average molecular weight is 285 g/mol. The average Bonchev–Trinajstić information content (AvgIpc) is 2.37. The number of halogens is 2. The molecular formula is C13H14Cl2N2O. The minimum atomic E-state index is -1.02. The fourth-order valence-electron chi connectivity index (χ4n) is 1.62. The van der Waals surface area contributed by atoms with Crippen molar-refractivity contribution < 1.29 is 4.79 Å². The van der Waals surface area contributed by atoms with Crippen molar-refractivity contribution in [2.24, 2.45) is 5.41 Å². The molecule has 0 aromatic heterocycles. The molecule has 0 saturated heterocycles. The number of hydrogen-bond donors (Lipinski definition) is 1. The second-order valence-electron chi connectivity index (χ2n) is 3.98. The van der Waals surface area contributed by atoms with E-state index < -0.39 is 5.41 Å². The predicted octanol–water partition coefficient (Wildman–Crippen LogP) is 4.26. The Labute approximate surface area is 117 Å². The highest BCUT2D eigenvalue weighted by atomic mass is 35.5. The van der Waals surface area contributed by atoms with Crippen LogP contribution < -0.4 is 5.32 Å². The number of nitrogens with zero attached hydrogens (tertiary/aromatic N) is 1. The van der Waals surface area contributed by atoms with Crippen molar-refractivity contribution in [1.82, 2.24) is 0 Å². The Kier molecular flexibility index (Phi) is 5.01. The van der Waals surface area contributed by atoms with Gasteiger partial charge in [0.2, 0.25) is 5.91 Å². The molecule has 0 atom stereocenters. The quantitative estimate of drug-likeness (QED) is 0.898. The lowest BCUT2D eigenvalue weighted by Crippen LogP contribution is -2.34. The number of carbonyl (C=O) groups excluding carboxylic acids is 1. The molecule has 3 nitrogen and oxygen atoms in total. The summed E-state index contributed by atoms with van der Waals surface area (Å²) < 4.78 is 0. The maximum absolute atomic E-state index is 12.2. The van der Waals surface area contributed by atoms with Crippen LogP contribution in [0.1, 0.15) is 26.7 Å². The summed E-state index contributed by atoms with van der Waals surface area (Å²) in [6.45, 7) is 3.62. The van der Waals surface area contributed by atoms with Gasteiger partial charge in [-0.2, -0.15) is 5.26 Å². The minimum absolute atomic E-state index is 0.348. The zero-order valence-corrected chi connectivity index (χ0v) is 11.8. The minimum Gasteiger partial charge on any atom is -0.323 e. The van der Waals surface area contributed by atoms with Crippen LogP contribution in [0.2, 0.25) is 10.0 Å². The number of benzene rings is 1. The van der Waals surface area contributed by atoms with Crippen LogP contribution in [0.4, 0.5) is 5.69 Å². The van der Waals surface area contributed by atoms with Gasteiger partial charge in [0.1, 0.15) is 5.41 Å². The van der Waals surface area contributed by atoms with E-state index in [1.165, 1.54) is 0 Å². The number of anilines is 1. The molecule has 1 amide bonds. The van der Waals surface area contributed by atoms with Crippen molar-refractivity contribution in [2.75, 3.05) is 5.32 Å². The first-order chi connectivity index (χ1) is 8.49. The molecule has 0 aliphatic rings. The third kappa shape index (κ3) is 2.95. The highest BCUT2D eigenvalue weighted by Gasteiger charge is 2.35. The van der Waals surface area contributed by atoms with E-state index in [1.807, 2.05) is 13.8 Å². The van der Waals surface area contributed by atoms with Crippen molar-refractivity contribution in [2.45, 2.75) is 26.7 Å². The van der Waals surface area contributed by atoms with Crippen LogP contribution in [0.15, 0.2) is 18.2 Å². The molecule has 0 bridgehead atoms. The van der Waals surface area contributed by atoms with Gasteiger partial charge in [-0.15, -0.1) is 0 Å². The van der Waals surface area contributed by atoms with Crippen LogP contribution >= 0.6 is 23.2 Å². The number of hydrogen-bond acceptors (Lipinski definition) is 2. The molecule has 0 radical (unpaired) electrons.